The molecule has 12 nitrogen and oxygen atoms in total. The van der Waals surface area contributed by atoms with Gasteiger partial charge in [-0.3, -0.25) is 9.32 Å². The van der Waals surface area contributed by atoms with Crippen LogP contribution in [0.25, 0.3) is 0 Å². The molecule has 0 aliphatic rings. The number of carbonyl (C=O) groups is 1. The number of ether oxygens (including phenoxy) is 4. The van der Waals surface area contributed by atoms with Gasteiger partial charge in [0, 0.05) is 31.6 Å². The first-order valence-corrected chi connectivity index (χ1v) is 16.9. The molecule has 0 spiro atoms. The highest BCUT2D eigenvalue weighted by atomic mass is 32.2. The van der Waals surface area contributed by atoms with Crippen molar-refractivity contribution in [2.45, 2.75) is 40.2 Å². The summed E-state index contributed by atoms with van der Waals surface area (Å²) in [7, 11) is -7.05. The summed E-state index contributed by atoms with van der Waals surface area (Å²) in [5, 5.41) is 0. The van der Waals surface area contributed by atoms with Crippen LogP contribution in [0.2, 0.25) is 6.04 Å². The largest absolute Gasteiger partial charge is 0.500 e. The summed E-state index contributed by atoms with van der Waals surface area (Å²) in [5.74, 6) is 1.10. The van der Waals surface area contributed by atoms with Crippen molar-refractivity contribution in [1.82, 2.24) is 0 Å². The molecule has 0 saturated heterocycles. The summed E-state index contributed by atoms with van der Waals surface area (Å²) in [5.41, 5.74) is 0. The number of thioether (sulfide) groups is 1. The summed E-state index contributed by atoms with van der Waals surface area (Å²) < 4.78 is 53.3. The Bertz CT molecular complexity index is 566. The number of esters is 1. The Labute approximate surface area is 220 Å². The molecule has 216 valence electrons. The van der Waals surface area contributed by atoms with Crippen molar-refractivity contribution < 1.29 is 55.9 Å². The Hall–Kier alpha value is -0.0931. The molecule has 1 atom stereocenters. The van der Waals surface area contributed by atoms with E-state index in [1.165, 1.54) is 0 Å². The standard InChI is InChI=1S/C21H45O12PSSi/c1-5-31-36(32-6-2,33-7-3)18-8-17-35-19-20(4)21(22)29-15-13-27-11-9-26-10-12-28-14-16-30-34(23,24)25/h20H,5-19H2,1-4H3,(H2,23,24,25). The molecule has 0 rings (SSSR count). The number of hydrogen-bond acceptors (Lipinski definition) is 11. The molecular weight excluding hydrogens is 535 g/mol. The highest BCUT2D eigenvalue weighted by Crippen LogP contribution is 2.35. The van der Waals surface area contributed by atoms with Gasteiger partial charge in [0.05, 0.1) is 52.2 Å². The maximum Gasteiger partial charge on any atom is 0.500 e. The first-order chi connectivity index (χ1) is 17.2. The van der Waals surface area contributed by atoms with Gasteiger partial charge < -0.3 is 42.0 Å². The van der Waals surface area contributed by atoms with Crippen LogP contribution in [0.5, 0.6) is 0 Å². The van der Waals surface area contributed by atoms with Crippen LogP contribution in [0.15, 0.2) is 0 Å². The third-order valence-corrected chi connectivity index (χ3v) is 9.32. The molecule has 0 aromatic carbocycles. The Morgan fingerprint density at radius 3 is 1.78 bits per heavy atom. The van der Waals surface area contributed by atoms with Gasteiger partial charge in [0.2, 0.25) is 0 Å². The average Bonchev–Trinajstić information content (AvgIpc) is 2.81. The topological polar surface area (TPSA) is 148 Å². The van der Waals surface area contributed by atoms with Crippen LogP contribution < -0.4 is 0 Å². The third-order valence-electron chi connectivity index (χ3n) is 4.34. The van der Waals surface area contributed by atoms with Crippen LogP contribution >= 0.6 is 19.6 Å². The van der Waals surface area contributed by atoms with Crippen molar-refractivity contribution in [1.29, 1.82) is 0 Å². The van der Waals surface area contributed by atoms with Crippen LogP contribution in [0, 0.1) is 5.92 Å². The lowest BCUT2D eigenvalue weighted by molar-refractivity contribution is -0.148. The smallest absolute Gasteiger partial charge is 0.463 e. The number of rotatable bonds is 26. The van der Waals surface area contributed by atoms with Gasteiger partial charge in [0.1, 0.15) is 6.61 Å². The summed E-state index contributed by atoms with van der Waals surface area (Å²) in [4.78, 5) is 29.1. The molecule has 0 fully saturated rings. The molecule has 0 amide bonds. The molecule has 0 aliphatic heterocycles. The van der Waals surface area contributed by atoms with E-state index in [-0.39, 0.29) is 44.9 Å². The monoisotopic (exact) mass is 580 g/mol. The molecule has 0 aromatic rings. The Morgan fingerprint density at radius 2 is 1.31 bits per heavy atom. The second-order valence-electron chi connectivity index (χ2n) is 7.39. The molecule has 0 radical (unpaired) electrons. The summed E-state index contributed by atoms with van der Waals surface area (Å²) in [6, 6.07) is 0.761. The third kappa shape index (κ3) is 20.9. The van der Waals surface area contributed by atoms with E-state index in [4.69, 9.17) is 42.0 Å². The second kappa shape index (κ2) is 22.9. The quantitative estimate of drug-likeness (QED) is 0.0668. The van der Waals surface area contributed by atoms with Gasteiger partial charge >= 0.3 is 22.6 Å². The van der Waals surface area contributed by atoms with Crippen molar-refractivity contribution in [2.75, 3.05) is 84.2 Å². The molecule has 0 bridgehead atoms. The van der Waals surface area contributed by atoms with E-state index < -0.39 is 16.6 Å². The van der Waals surface area contributed by atoms with Gasteiger partial charge in [-0.05, 0) is 32.9 Å². The molecule has 0 aliphatic carbocycles. The first kappa shape index (κ1) is 35.9. The Morgan fingerprint density at radius 1 is 0.833 bits per heavy atom. The van der Waals surface area contributed by atoms with Gasteiger partial charge in [-0.1, -0.05) is 6.92 Å². The predicted octanol–water partition coefficient (Wildman–Crippen LogP) is 2.50. The maximum atomic E-state index is 12.1. The zero-order valence-corrected chi connectivity index (χ0v) is 24.7. The minimum absolute atomic E-state index is 0.0608. The first-order valence-electron chi connectivity index (χ1n) is 12.3. The van der Waals surface area contributed by atoms with E-state index in [9.17, 15) is 9.36 Å². The summed E-state index contributed by atoms with van der Waals surface area (Å²) >= 11 is 1.70. The fourth-order valence-electron chi connectivity index (χ4n) is 2.82. The lowest BCUT2D eigenvalue weighted by Crippen LogP contribution is -2.46. The number of phosphoric ester groups is 1. The highest BCUT2D eigenvalue weighted by Gasteiger charge is 2.39. The number of phosphoric acid groups is 1. The molecular formula is C21H45O12PSSi. The minimum Gasteiger partial charge on any atom is -0.463 e. The molecule has 0 heterocycles. The van der Waals surface area contributed by atoms with Crippen molar-refractivity contribution in [2.24, 2.45) is 5.92 Å². The summed E-state index contributed by atoms with van der Waals surface area (Å²) in [6.45, 7) is 11.0. The molecule has 0 saturated carbocycles. The van der Waals surface area contributed by atoms with E-state index in [1.54, 1.807) is 11.8 Å². The zero-order valence-electron chi connectivity index (χ0n) is 22.0. The van der Waals surface area contributed by atoms with Gasteiger partial charge in [-0.2, -0.15) is 11.8 Å². The molecule has 1 unspecified atom stereocenters. The average molecular weight is 581 g/mol. The molecule has 2 N–H and O–H groups in total. The molecule has 15 heteroatoms. The SMILES string of the molecule is CCO[Si](CCCSCC(C)C(=O)OCCOCCOCCOCCOP(=O)(O)O)(OCC)OCC. The normalized spacial score (nSPS) is 13.2. The Balaban J connectivity index is 3.69. The van der Waals surface area contributed by atoms with Crippen molar-refractivity contribution in [3.05, 3.63) is 0 Å². The minimum atomic E-state index is -4.45. The summed E-state index contributed by atoms with van der Waals surface area (Å²) in [6.07, 6.45) is 0.895. The van der Waals surface area contributed by atoms with Crippen LogP contribution in [-0.4, -0.2) is 109 Å². The van der Waals surface area contributed by atoms with Crippen molar-refractivity contribution in [3.8, 4) is 0 Å². The number of hydrogen-bond donors (Lipinski definition) is 2. The molecule has 0 aromatic heterocycles. The van der Waals surface area contributed by atoms with Gasteiger partial charge in [-0.15, -0.1) is 0 Å². The Kier molecular flexibility index (Phi) is 22.8. The van der Waals surface area contributed by atoms with E-state index in [0.717, 1.165) is 18.2 Å². The predicted molar refractivity (Wildman–Crippen MR) is 138 cm³/mol. The van der Waals surface area contributed by atoms with Gasteiger partial charge in [0.25, 0.3) is 0 Å². The van der Waals surface area contributed by atoms with Crippen molar-refractivity contribution in [3.63, 3.8) is 0 Å². The van der Waals surface area contributed by atoms with E-state index in [0.29, 0.717) is 45.4 Å². The zero-order chi connectivity index (χ0) is 27.1. The fraction of sp³-hybridized carbons (Fsp3) is 0.952. The van der Waals surface area contributed by atoms with Crippen molar-refractivity contribution >= 4 is 34.4 Å². The lowest BCUT2D eigenvalue weighted by atomic mass is 10.2. The number of carbonyl (C=O) groups excluding carboxylic acids is 1. The van der Waals surface area contributed by atoms with E-state index in [2.05, 4.69) is 4.52 Å². The fourth-order valence-corrected chi connectivity index (χ4v) is 7.01. The van der Waals surface area contributed by atoms with Crippen LogP contribution in [0.4, 0.5) is 0 Å². The second-order valence-corrected chi connectivity index (χ2v) is 12.5. The maximum absolute atomic E-state index is 12.1. The van der Waals surface area contributed by atoms with E-state index in [1.807, 2.05) is 27.7 Å². The van der Waals surface area contributed by atoms with Gasteiger partial charge in [-0.25, -0.2) is 4.57 Å². The molecule has 36 heavy (non-hydrogen) atoms. The van der Waals surface area contributed by atoms with Gasteiger partial charge in [0.15, 0.2) is 0 Å². The van der Waals surface area contributed by atoms with Crippen LogP contribution in [0.3, 0.4) is 0 Å². The van der Waals surface area contributed by atoms with E-state index >= 15 is 0 Å². The highest BCUT2D eigenvalue weighted by molar-refractivity contribution is 7.99. The lowest BCUT2D eigenvalue weighted by Gasteiger charge is -2.28. The van der Waals surface area contributed by atoms with Crippen LogP contribution in [-0.2, 0) is 46.1 Å². The van der Waals surface area contributed by atoms with Crippen LogP contribution in [0.1, 0.15) is 34.1 Å².